The van der Waals surface area contributed by atoms with Crippen LogP contribution in [0.3, 0.4) is 0 Å². The van der Waals surface area contributed by atoms with E-state index < -0.39 is 0 Å². The van der Waals surface area contributed by atoms with Crippen LogP contribution in [0.4, 0.5) is 0 Å². The molecule has 0 unspecified atom stereocenters. The molecular formula is C8H16O. The van der Waals surface area contributed by atoms with Crippen molar-refractivity contribution in [1.82, 2.24) is 0 Å². The molecule has 54 valence electrons. The van der Waals surface area contributed by atoms with Crippen molar-refractivity contribution in [1.29, 1.82) is 0 Å². The van der Waals surface area contributed by atoms with Crippen molar-refractivity contribution in [3.63, 3.8) is 0 Å². The third-order valence-electron chi connectivity index (χ3n) is 1.91. The van der Waals surface area contributed by atoms with Crippen molar-refractivity contribution in [3.05, 3.63) is 0 Å². The zero-order chi connectivity index (χ0) is 7.33. The maximum atomic E-state index is 10.4. The van der Waals surface area contributed by atoms with E-state index in [-0.39, 0.29) is 5.41 Å². The highest BCUT2D eigenvalue weighted by molar-refractivity contribution is 5.58. The van der Waals surface area contributed by atoms with Gasteiger partial charge in [0.2, 0.25) is 0 Å². The Hall–Kier alpha value is -0.330. The summed E-state index contributed by atoms with van der Waals surface area (Å²) >= 11 is 0. The molecule has 0 aromatic heterocycles. The Morgan fingerprint density at radius 3 is 2.11 bits per heavy atom. The van der Waals surface area contributed by atoms with Gasteiger partial charge in [-0.15, -0.1) is 0 Å². The maximum absolute atomic E-state index is 10.4. The molecule has 0 spiro atoms. The van der Waals surface area contributed by atoms with Gasteiger partial charge >= 0.3 is 0 Å². The second-order valence-corrected chi connectivity index (χ2v) is 2.88. The first-order chi connectivity index (χ1) is 4.18. The van der Waals surface area contributed by atoms with E-state index in [4.69, 9.17) is 0 Å². The molecule has 0 aromatic carbocycles. The highest BCUT2D eigenvalue weighted by Gasteiger charge is 2.18. The average Bonchev–Trinajstić information content (AvgIpc) is 1.89. The largest absolute Gasteiger partial charge is 0.303 e. The van der Waals surface area contributed by atoms with Crippen LogP contribution in [0.5, 0.6) is 0 Å². The third kappa shape index (κ3) is 2.64. The van der Waals surface area contributed by atoms with Crippen LogP contribution in [-0.2, 0) is 4.79 Å². The second kappa shape index (κ2) is 3.65. The van der Waals surface area contributed by atoms with Crippen LogP contribution in [0, 0.1) is 5.41 Å². The molecule has 0 aromatic rings. The molecule has 0 aliphatic carbocycles. The fourth-order valence-corrected chi connectivity index (χ4v) is 0.890. The Kier molecular flexibility index (Phi) is 3.52. The molecule has 0 saturated heterocycles. The zero-order valence-electron chi connectivity index (χ0n) is 6.61. The lowest BCUT2D eigenvalue weighted by Crippen LogP contribution is -2.15. The standard InChI is InChI=1S/C8H16O/c1-4-6-8(3,5-2)7-9/h7H,4-6H2,1-3H3/t8-/m0/s1. The summed E-state index contributed by atoms with van der Waals surface area (Å²) in [6.45, 7) is 6.19. The molecule has 0 bridgehead atoms. The Balaban J connectivity index is 3.76. The van der Waals surface area contributed by atoms with Crippen molar-refractivity contribution in [2.45, 2.75) is 40.0 Å². The molecule has 0 amide bonds. The molecule has 1 atom stereocenters. The monoisotopic (exact) mass is 128 g/mol. The summed E-state index contributed by atoms with van der Waals surface area (Å²) in [7, 11) is 0. The topological polar surface area (TPSA) is 17.1 Å². The van der Waals surface area contributed by atoms with E-state index in [2.05, 4.69) is 13.8 Å². The summed E-state index contributed by atoms with van der Waals surface area (Å²) in [4.78, 5) is 10.4. The number of hydrogen-bond acceptors (Lipinski definition) is 1. The van der Waals surface area contributed by atoms with E-state index in [1.54, 1.807) is 0 Å². The van der Waals surface area contributed by atoms with Crippen molar-refractivity contribution in [2.24, 2.45) is 5.41 Å². The number of rotatable bonds is 4. The molecule has 1 nitrogen and oxygen atoms in total. The van der Waals surface area contributed by atoms with Gasteiger partial charge in [-0.25, -0.2) is 0 Å². The van der Waals surface area contributed by atoms with E-state index in [0.717, 1.165) is 25.5 Å². The predicted molar refractivity (Wildman–Crippen MR) is 39.4 cm³/mol. The van der Waals surface area contributed by atoms with Gasteiger partial charge in [-0.2, -0.15) is 0 Å². The fraction of sp³-hybridized carbons (Fsp3) is 0.875. The predicted octanol–water partition coefficient (Wildman–Crippen LogP) is 2.40. The van der Waals surface area contributed by atoms with E-state index >= 15 is 0 Å². The minimum absolute atomic E-state index is 0.0469. The minimum atomic E-state index is -0.0469. The summed E-state index contributed by atoms with van der Waals surface area (Å²) < 4.78 is 0. The van der Waals surface area contributed by atoms with Gasteiger partial charge in [-0.05, 0) is 12.8 Å². The van der Waals surface area contributed by atoms with Crippen LogP contribution in [0.25, 0.3) is 0 Å². The smallest absolute Gasteiger partial charge is 0.125 e. The quantitative estimate of drug-likeness (QED) is 0.531. The Bertz CT molecular complexity index is 88.6. The number of carbonyl (C=O) groups is 1. The van der Waals surface area contributed by atoms with Crippen LogP contribution in [0.1, 0.15) is 40.0 Å². The van der Waals surface area contributed by atoms with Gasteiger partial charge in [-0.3, -0.25) is 0 Å². The molecule has 0 aliphatic rings. The first kappa shape index (κ1) is 8.67. The summed E-state index contributed by atoms with van der Waals surface area (Å²) in [6, 6.07) is 0. The second-order valence-electron chi connectivity index (χ2n) is 2.88. The molecule has 0 saturated carbocycles. The maximum Gasteiger partial charge on any atom is 0.125 e. The highest BCUT2D eigenvalue weighted by atomic mass is 16.1. The number of hydrogen-bond donors (Lipinski definition) is 0. The lowest BCUT2D eigenvalue weighted by atomic mass is 9.85. The molecule has 9 heavy (non-hydrogen) atoms. The molecule has 0 heterocycles. The molecule has 0 radical (unpaired) electrons. The van der Waals surface area contributed by atoms with Crippen molar-refractivity contribution >= 4 is 6.29 Å². The molecule has 1 heteroatoms. The molecule has 0 N–H and O–H groups in total. The Morgan fingerprint density at radius 1 is 1.44 bits per heavy atom. The van der Waals surface area contributed by atoms with Crippen LogP contribution >= 0.6 is 0 Å². The molecule has 0 rings (SSSR count). The van der Waals surface area contributed by atoms with E-state index in [9.17, 15) is 4.79 Å². The first-order valence-electron chi connectivity index (χ1n) is 3.65. The van der Waals surface area contributed by atoms with Crippen molar-refractivity contribution in [3.8, 4) is 0 Å². The zero-order valence-corrected chi connectivity index (χ0v) is 6.61. The fourth-order valence-electron chi connectivity index (χ4n) is 0.890. The number of aldehydes is 1. The normalized spacial score (nSPS) is 16.8. The summed E-state index contributed by atoms with van der Waals surface area (Å²) in [6.07, 6.45) is 4.16. The Labute approximate surface area is 57.5 Å². The summed E-state index contributed by atoms with van der Waals surface area (Å²) in [5, 5.41) is 0. The van der Waals surface area contributed by atoms with Crippen LogP contribution in [0.15, 0.2) is 0 Å². The van der Waals surface area contributed by atoms with Gasteiger partial charge in [0.05, 0.1) is 0 Å². The highest BCUT2D eigenvalue weighted by Crippen LogP contribution is 2.23. The SMILES string of the molecule is CCC[C@@](C)(C=O)CC. The lowest BCUT2D eigenvalue weighted by Gasteiger charge is -2.18. The van der Waals surface area contributed by atoms with Gasteiger partial charge in [0.15, 0.2) is 0 Å². The van der Waals surface area contributed by atoms with Gasteiger partial charge < -0.3 is 4.79 Å². The average molecular weight is 128 g/mol. The van der Waals surface area contributed by atoms with E-state index in [0.29, 0.717) is 0 Å². The summed E-state index contributed by atoms with van der Waals surface area (Å²) in [5.41, 5.74) is -0.0469. The number of carbonyl (C=O) groups excluding carboxylic acids is 1. The Morgan fingerprint density at radius 2 is 2.00 bits per heavy atom. The van der Waals surface area contributed by atoms with Crippen LogP contribution < -0.4 is 0 Å². The van der Waals surface area contributed by atoms with E-state index in [1.165, 1.54) is 0 Å². The minimum Gasteiger partial charge on any atom is -0.303 e. The summed E-state index contributed by atoms with van der Waals surface area (Å²) in [5.74, 6) is 0. The van der Waals surface area contributed by atoms with Crippen LogP contribution in [0.2, 0.25) is 0 Å². The molecular weight excluding hydrogens is 112 g/mol. The van der Waals surface area contributed by atoms with Crippen molar-refractivity contribution < 1.29 is 4.79 Å². The molecule has 0 aliphatic heterocycles. The lowest BCUT2D eigenvalue weighted by molar-refractivity contribution is -0.115. The van der Waals surface area contributed by atoms with Crippen molar-refractivity contribution in [2.75, 3.05) is 0 Å². The third-order valence-corrected chi connectivity index (χ3v) is 1.91. The first-order valence-corrected chi connectivity index (χ1v) is 3.65. The van der Waals surface area contributed by atoms with Crippen LogP contribution in [-0.4, -0.2) is 6.29 Å². The van der Waals surface area contributed by atoms with Gasteiger partial charge in [0.1, 0.15) is 6.29 Å². The molecule has 0 fully saturated rings. The van der Waals surface area contributed by atoms with E-state index in [1.807, 2.05) is 6.92 Å². The van der Waals surface area contributed by atoms with Gasteiger partial charge in [-0.1, -0.05) is 27.2 Å². The van der Waals surface area contributed by atoms with Gasteiger partial charge in [0.25, 0.3) is 0 Å². The van der Waals surface area contributed by atoms with Gasteiger partial charge in [0, 0.05) is 5.41 Å².